The average Bonchev–Trinajstić information content (AvgIpc) is 3.02. The summed E-state index contributed by atoms with van der Waals surface area (Å²) in [6.07, 6.45) is 0. The number of aromatic nitrogens is 2. The van der Waals surface area contributed by atoms with Crippen LogP contribution in [0.25, 0.3) is 22.0 Å². The average molecular weight is 399 g/mol. The van der Waals surface area contributed by atoms with E-state index in [0.29, 0.717) is 28.3 Å². The largest absolute Gasteiger partial charge is 0.506 e. The first kappa shape index (κ1) is 18.5. The van der Waals surface area contributed by atoms with Crippen molar-refractivity contribution in [3.8, 4) is 22.6 Å². The number of aryl methyl sites for hydroxylation is 2. The molecule has 1 amide bonds. The lowest BCUT2D eigenvalue weighted by atomic mass is 9.98. The van der Waals surface area contributed by atoms with E-state index >= 15 is 0 Å². The van der Waals surface area contributed by atoms with Crippen LogP contribution in [0, 0.1) is 13.8 Å². The Balaban J connectivity index is 1.99. The molecule has 0 saturated heterocycles. The van der Waals surface area contributed by atoms with Crippen molar-refractivity contribution in [2.45, 2.75) is 20.4 Å². The van der Waals surface area contributed by atoms with Gasteiger partial charge in [0.1, 0.15) is 30.2 Å². The van der Waals surface area contributed by atoms with Crippen LogP contribution in [0.2, 0.25) is 0 Å². The second-order valence-corrected chi connectivity index (χ2v) is 6.64. The van der Waals surface area contributed by atoms with Crippen molar-refractivity contribution < 1.29 is 29.1 Å². The Bertz CT molecular complexity index is 1220. The predicted octanol–water partition coefficient (Wildman–Crippen LogP) is 1.19. The Kier molecular flexibility index (Phi) is 4.26. The van der Waals surface area contributed by atoms with Crippen LogP contribution in [0.15, 0.2) is 21.5 Å². The molecule has 0 unspecified atom stereocenters. The zero-order valence-corrected chi connectivity index (χ0v) is 15.6. The van der Waals surface area contributed by atoms with Gasteiger partial charge in [0.15, 0.2) is 5.75 Å². The fraction of sp³-hybridized carbons (Fsp3) is 0.263. The summed E-state index contributed by atoms with van der Waals surface area (Å²) < 4.78 is 12.4. The standard InChI is InChI=1S/C19H17N3O7/c1-8-13(9(2)29-21-8)10-3-4-11-15-17(10)28-6-5-22(15)19(27)14(16(11)25)18(26)20-7-12(23)24/h3-4,25H,5-7H2,1-2H3,(H,20,26)(H,23,24). The van der Waals surface area contributed by atoms with E-state index in [0.717, 1.165) is 5.56 Å². The summed E-state index contributed by atoms with van der Waals surface area (Å²) in [7, 11) is 0. The maximum absolute atomic E-state index is 12.9. The lowest BCUT2D eigenvalue weighted by Gasteiger charge is -2.24. The Hall–Kier alpha value is -3.82. The second kappa shape index (κ2) is 6.66. The number of carboxylic acid groups (broad SMARTS) is 1. The van der Waals surface area contributed by atoms with E-state index in [2.05, 4.69) is 10.5 Å². The van der Waals surface area contributed by atoms with Crippen molar-refractivity contribution in [1.29, 1.82) is 0 Å². The minimum Gasteiger partial charge on any atom is -0.506 e. The van der Waals surface area contributed by atoms with Crippen LogP contribution >= 0.6 is 0 Å². The highest BCUT2D eigenvalue weighted by Gasteiger charge is 2.29. The molecule has 0 saturated carbocycles. The molecular formula is C19H17N3O7. The van der Waals surface area contributed by atoms with Crippen molar-refractivity contribution >= 4 is 22.8 Å². The summed E-state index contributed by atoms with van der Waals surface area (Å²) in [5, 5.41) is 25.7. The Morgan fingerprint density at radius 2 is 2.07 bits per heavy atom. The number of carbonyl (C=O) groups excluding carboxylic acids is 1. The summed E-state index contributed by atoms with van der Waals surface area (Å²) in [6, 6.07) is 3.27. The topological polar surface area (TPSA) is 144 Å². The first-order valence-corrected chi connectivity index (χ1v) is 8.79. The predicted molar refractivity (Wildman–Crippen MR) is 100 cm³/mol. The van der Waals surface area contributed by atoms with Crippen molar-refractivity contribution in [2.24, 2.45) is 0 Å². The van der Waals surface area contributed by atoms with Gasteiger partial charge in [0, 0.05) is 10.9 Å². The van der Waals surface area contributed by atoms with Crippen LogP contribution < -0.4 is 15.6 Å². The molecule has 10 nitrogen and oxygen atoms in total. The third-order valence-electron chi connectivity index (χ3n) is 4.84. The van der Waals surface area contributed by atoms with Gasteiger partial charge in [-0.15, -0.1) is 0 Å². The van der Waals surface area contributed by atoms with E-state index in [9.17, 15) is 19.5 Å². The lowest BCUT2D eigenvalue weighted by molar-refractivity contribution is -0.135. The Morgan fingerprint density at radius 1 is 1.31 bits per heavy atom. The van der Waals surface area contributed by atoms with Crippen LogP contribution in [0.3, 0.4) is 0 Å². The Morgan fingerprint density at radius 3 is 2.72 bits per heavy atom. The van der Waals surface area contributed by atoms with Crippen LogP contribution in [0.4, 0.5) is 0 Å². The van der Waals surface area contributed by atoms with E-state index in [4.69, 9.17) is 14.4 Å². The molecule has 1 aromatic carbocycles. The highest BCUT2D eigenvalue weighted by atomic mass is 16.5. The summed E-state index contributed by atoms with van der Waals surface area (Å²) in [5.74, 6) is -1.78. The van der Waals surface area contributed by atoms with Crippen LogP contribution in [0.5, 0.6) is 11.5 Å². The highest BCUT2D eigenvalue weighted by molar-refractivity contribution is 6.05. The number of amides is 1. The number of rotatable bonds is 4. The van der Waals surface area contributed by atoms with Crippen molar-refractivity contribution in [3.05, 3.63) is 39.5 Å². The van der Waals surface area contributed by atoms with E-state index in [-0.39, 0.29) is 18.5 Å². The van der Waals surface area contributed by atoms with E-state index < -0.39 is 35.3 Å². The number of nitrogens with one attached hydrogen (secondary N) is 1. The number of aromatic hydroxyl groups is 1. The van der Waals surface area contributed by atoms with Gasteiger partial charge in [0.25, 0.3) is 11.5 Å². The molecule has 4 rings (SSSR count). The monoisotopic (exact) mass is 399 g/mol. The van der Waals surface area contributed by atoms with Gasteiger partial charge < -0.3 is 29.4 Å². The zero-order valence-electron chi connectivity index (χ0n) is 15.6. The summed E-state index contributed by atoms with van der Waals surface area (Å²) >= 11 is 0. The smallest absolute Gasteiger partial charge is 0.322 e. The molecule has 0 atom stereocenters. The SMILES string of the molecule is Cc1noc(C)c1-c1ccc2c(O)c(C(=O)NCC(=O)O)c(=O)n3c2c1OCC3. The molecular weight excluding hydrogens is 382 g/mol. The van der Waals surface area contributed by atoms with Crippen LogP contribution in [-0.2, 0) is 11.3 Å². The number of carboxylic acids is 1. The summed E-state index contributed by atoms with van der Waals surface area (Å²) in [5.41, 5.74) is 1.16. The van der Waals surface area contributed by atoms with Crippen LogP contribution in [-0.4, -0.2) is 45.0 Å². The highest BCUT2D eigenvalue weighted by Crippen LogP contribution is 2.43. The van der Waals surface area contributed by atoms with Crippen molar-refractivity contribution in [1.82, 2.24) is 15.0 Å². The van der Waals surface area contributed by atoms with Crippen LogP contribution in [0.1, 0.15) is 21.8 Å². The fourth-order valence-electron chi connectivity index (χ4n) is 3.61. The number of hydrogen-bond donors (Lipinski definition) is 3. The molecule has 10 heteroatoms. The van der Waals surface area contributed by atoms with Gasteiger partial charge in [-0.05, 0) is 26.0 Å². The number of benzene rings is 1. The maximum Gasteiger partial charge on any atom is 0.322 e. The van der Waals surface area contributed by atoms with Gasteiger partial charge in [0.05, 0.1) is 23.3 Å². The first-order chi connectivity index (χ1) is 13.8. The van der Waals surface area contributed by atoms with E-state index in [1.165, 1.54) is 4.57 Å². The fourth-order valence-corrected chi connectivity index (χ4v) is 3.61. The number of pyridine rings is 1. The molecule has 0 spiro atoms. The zero-order chi connectivity index (χ0) is 20.9. The van der Waals surface area contributed by atoms with Crippen molar-refractivity contribution in [2.75, 3.05) is 13.2 Å². The van der Waals surface area contributed by atoms with Gasteiger partial charge in [-0.2, -0.15) is 0 Å². The molecule has 0 fully saturated rings. The number of hydrogen-bond acceptors (Lipinski definition) is 7. The van der Waals surface area contributed by atoms with Gasteiger partial charge in [-0.1, -0.05) is 5.16 Å². The summed E-state index contributed by atoms with van der Waals surface area (Å²) in [6.45, 7) is 3.23. The van der Waals surface area contributed by atoms with Crippen molar-refractivity contribution in [3.63, 3.8) is 0 Å². The van der Waals surface area contributed by atoms with Gasteiger partial charge >= 0.3 is 5.97 Å². The van der Waals surface area contributed by atoms with Gasteiger partial charge in [-0.3, -0.25) is 14.4 Å². The lowest BCUT2D eigenvalue weighted by Crippen LogP contribution is -2.37. The summed E-state index contributed by atoms with van der Waals surface area (Å²) in [4.78, 5) is 36.0. The first-order valence-electron chi connectivity index (χ1n) is 8.79. The number of aliphatic carboxylic acids is 1. The molecule has 29 heavy (non-hydrogen) atoms. The van der Waals surface area contributed by atoms with E-state index in [1.807, 2.05) is 0 Å². The molecule has 1 aliphatic heterocycles. The molecule has 3 N–H and O–H groups in total. The molecule has 0 aliphatic carbocycles. The molecule has 1 aliphatic rings. The normalized spacial score (nSPS) is 12.6. The molecule has 150 valence electrons. The molecule has 2 aromatic heterocycles. The van der Waals surface area contributed by atoms with Gasteiger partial charge in [-0.25, -0.2) is 0 Å². The number of nitrogens with zero attached hydrogens (tertiary/aromatic N) is 2. The minimum absolute atomic E-state index is 0.173. The molecule has 3 aromatic rings. The van der Waals surface area contributed by atoms with E-state index in [1.54, 1.807) is 26.0 Å². The molecule has 0 radical (unpaired) electrons. The number of ether oxygens (including phenoxy) is 1. The third-order valence-corrected chi connectivity index (χ3v) is 4.84. The molecule has 0 bridgehead atoms. The second-order valence-electron chi connectivity index (χ2n) is 6.64. The minimum atomic E-state index is -1.26. The van der Waals surface area contributed by atoms with Gasteiger partial charge in [0.2, 0.25) is 0 Å². The molecule has 3 heterocycles. The maximum atomic E-state index is 12.9. The Labute approximate surface area is 163 Å². The third kappa shape index (κ3) is 2.80. The number of carbonyl (C=O) groups is 2. The quantitative estimate of drug-likeness (QED) is 0.593.